The fraction of sp³-hybridized carbons (Fsp3) is 0. The maximum atomic E-state index is 12.4. The molecule has 2 N–H and O–H groups in total. The molecule has 0 aliphatic carbocycles. The van der Waals surface area contributed by atoms with Crippen molar-refractivity contribution in [2.24, 2.45) is 0 Å². The standard InChI is InChI=1S/C7H4FN3O/c8-7-1-4(5(10)2-9)6(12)3-11-7/h1,3,10,12H. The molecule has 4 nitrogen and oxygen atoms in total. The SMILES string of the molecule is N#CC(=N)c1cc(F)ncc1O. The van der Waals surface area contributed by atoms with Crippen LogP contribution in [-0.2, 0) is 0 Å². The second-order valence-corrected chi connectivity index (χ2v) is 2.01. The lowest BCUT2D eigenvalue weighted by molar-refractivity contribution is 0.465. The van der Waals surface area contributed by atoms with Crippen LogP contribution in [0.25, 0.3) is 0 Å². The second kappa shape index (κ2) is 2.96. The first-order valence-electron chi connectivity index (χ1n) is 2.98. The van der Waals surface area contributed by atoms with Crippen LogP contribution in [0.4, 0.5) is 4.39 Å². The number of hydrogen-bond acceptors (Lipinski definition) is 4. The first-order chi connectivity index (χ1) is 5.65. The summed E-state index contributed by atoms with van der Waals surface area (Å²) >= 11 is 0. The normalized spacial score (nSPS) is 9.00. The third-order valence-electron chi connectivity index (χ3n) is 1.23. The summed E-state index contributed by atoms with van der Waals surface area (Å²) < 4.78 is 12.4. The zero-order valence-corrected chi connectivity index (χ0v) is 5.87. The van der Waals surface area contributed by atoms with Gasteiger partial charge in [-0.1, -0.05) is 0 Å². The van der Waals surface area contributed by atoms with Crippen LogP contribution in [0.3, 0.4) is 0 Å². The Hall–Kier alpha value is -1.96. The van der Waals surface area contributed by atoms with Crippen LogP contribution in [0.1, 0.15) is 5.56 Å². The third-order valence-corrected chi connectivity index (χ3v) is 1.23. The van der Waals surface area contributed by atoms with E-state index in [1.807, 2.05) is 0 Å². The number of nitrogens with zero attached hydrogens (tertiary/aromatic N) is 2. The molecule has 60 valence electrons. The Kier molecular flexibility index (Phi) is 2.01. The van der Waals surface area contributed by atoms with Crippen LogP contribution in [-0.4, -0.2) is 15.8 Å². The lowest BCUT2D eigenvalue weighted by Gasteiger charge is -1.98. The van der Waals surface area contributed by atoms with E-state index in [4.69, 9.17) is 15.8 Å². The molecule has 0 saturated heterocycles. The Morgan fingerprint density at radius 2 is 2.42 bits per heavy atom. The van der Waals surface area contributed by atoms with Gasteiger partial charge >= 0.3 is 0 Å². The summed E-state index contributed by atoms with van der Waals surface area (Å²) in [5.74, 6) is -1.20. The van der Waals surface area contributed by atoms with E-state index in [1.165, 1.54) is 6.07 Å². The fourth-order valence-corrected chi connectivity index (χ4v) is 0.683. The molecule has 1 aromatic heterocycles. The van der Waals surface area contributed by atoms with E-state index >= 15 is 0 Å². The van der Waals surface area contributed by atoms with Crippen molar-refractivity contribution in [3.05, 3.63) is 23.8 Å². The van der Waals surface area contributed by atoms with E-state index in [0.717, 1.165) is 12.3 Å². The zero-order valence-electron chi connectivity index (χ0n) is 5.87. The van der Waals surface area contributed by atoms with Crippen LogP contribution in [0, 0.1) is 22.7 Å². The summed E-state index contributed by atoms with van der Waals surface area (Å²) in [6, 6.07) is 2.31. The summed E-state index contributed by atoms with van der Waals surface area (Å²) in [5.41, 5.74) is -0.640. The molecule has 0 radical (unpaired) electrons. The van der Waals surface area contributed by atoms with Crippen LogP contribution >= 0.6 is 0 Å². The maximum Gasteiger partial charge on any atom is 0.213 e. The number of pyridine rings is 1. The zero-order chi connectivity index (χ0) is 9.14. The van der Waals surface area contributed by atoms with E-state index in [0.29, 0.717) is 0 Å². The Morgan fingerprint density at radius 1 is 1.75 bits per heavy atom. The molecule has 0 unspecified atom stereocenters. The Labute approximate surface area is 67.4 Å². The van der Waals surface area contributed by atoms with Gasteiger partial charge in [0.2, 0.25) is 5.95 Å². The predicted octanol–water partition coefficient (Wildman–Crippen LogP) is 0.818. The lowest BCUT2D eigenvalue weighted by atomic mass is 10.1. The minimum atomic E-state index is -0.831. The summed E-state index contributed by atoms with van der Waals surface area (Å²) in [4.78, 5) is 3.13. The van der Waals surface area contributed by atoms with Crippen LogP contribution in [0.2, 0.25) is 0 Å². The number of nitrogens with one attached hydrogen (secondary N) is 1. The topological polar surface area (TPSA) is 80.8 Å². The third kappa shape index (κ3) is 1.37. The van der Waals surface area contributed by atoms with Gasteiger partial charge in [-0.05, 0) is 0 Å². The van der Waals surface area contributed by atoms with Gasteiger partial charge in [-0.15, -0.1) is 0 Å². The highest BCUT2D eigenvalue weighted by molar-refractivity contribution is 6.10. The number of aromatic hydroxyl groups is 1. The van der Waals surface area contributed by atoms with Crippen molar-refractivity contribution < 1.29 is 9.50 Å². The molecule has 0 aliphatic heterocycles. The van der Waals surface area contributed by atoms with Gasteiger partial charge < -0.3 is 5.11 Å². The van der Waals surface area contributed by atoms with Crippen LogP contribution in [0.15, 0.2) is 12.3 Å². The fourth-order valence-electron chi connectivity index (χ4n) is 0.683. The first kappa shape index (κ1) is 8.14. The van der Waals surface area contributed by atoms with Gasteiger partial charge in [-0.25, -0.2) is 4.98 Å². The van der Waals surface area contributed by atoms with E-state index in [1.54, 1.807) is 0 Å². The molecule has 0 aliphatic rings. The van der Waals surface area contributed by atoms with Crippen molar-refractivity contribution in [1.29, 1.82) is 10.7 Å². The summed E-state index contributed by atoms with van der Waals surface area (Å²) in [7, 11) is 0. The van der Waals surface area contributed by atoms with Crippen molar-refractivity contribution in [3.8, 4) is 11.8 Å². The molecule has 1 heterocycles. The molecule has 12 heavy (non-hydrogen) atoms. The molecule has 0 fully saturated rings. The number of nitriles is 1. The lowest BCUT2D eigenvalue weighted by Crippen LogP contribution is -1.97. The minimum Gasteiger partial charge on any atom is -0.506 e. The summed E-state index contributed by atoms with van der Waals surface area (Å²) in [6.07, 6.45) is 0.858. The van der Waals surface area contributed by atoms with E-state index in [2.05, 4.69) is 4.98 Å². The largest absolute Gasteiger partial charge is 0.506 e. The van der Waals surface area contributed by atoms with Crippen molar-refractivity contribution in [2.45, 2.75) is 0 Å². The molecule has 0 amide bonds. The predicted molar refractivity (Wildman–Crippen MR) is 38.3 cm³/mol. The first-order valence-corrected chi connectivity index (χ1v) is 2.98. The molecule has 5 heteroatoms. The van der Waals surface area contributed by atoms with Crippen molar-refractivity contribution >= 4 is 5.71 Å². The number of hydrogen-bond donors (Lipinski definition) is 2. The van der Waals surface area contributed by atoms with Crippen LogP contribution < -0.4 is 0 Å². The molecule has 0 aromatic carbocycles. The van der Waals surface area contributed by atoms with Gasteiger partial charge in [-0.3, -0.25) is 5.41 Å². The van der Waals surface area contributed by atoms with Gasteiger partial charge in [-0.2, -0.15) is 9.65 Å². The second-order valence-electron chi connectivity index (χ2n) is 2.01. The quantitative estimate of drug-likeness (QED) is 0.477. The highest BCUT2D eigenvalue weighted by atomic mass is 19.1. The molecule has 0 spiro atoms. The van der Waals surface area contributed by atoms with Crippen LogP contribution in [0.5, 0.6) is 5.75 Å². The van der Waals surface area contributed by atoms with Gasteiger partial charge in [0.1, 0.15) is 17.5 Å². The van der Waals surface area contributed by atoms with Gasteiger partial charge in [0, 0.05) is 6.07 Å². The van der Waals surface area contributed by atoms with Crippen molar-refractivity contribution in [2.75, 3.05) is 0 Å². The molecule has 0 atom stereocenters. The number of halogens is 1. The smallest absolute Gasteiger partial charge is 0.213 e. The van der Waals surface area contributed by atoms with E-state index in [-0.39, 0.29) is 11.3 Å². The molecular weight excluding hydrogens is 161 g/mol. The van der Waals surface area contributed by atoms with E-state index in [9.17, 15) is 4.39 Å². The Morgan fingerprint density at radius 3 is 3.00 bits per heavy atom. The molecule has 1 rings (SSSR count). The van der Waals surface area contributed by atoms with Gasteiger partial charge in [0.05, 0.1) is 11.8 Å². The minimum absolute atomic E-state index is 0.148. The highest BCUT2D eigenvalue weighted by Gasteiger charge is 2.08. The van der Waals surface area contributed by atoms with Gasteiger partial charge in [0.25, 0.3) is 0 Å². The molecule has 0 saturated carbocycles. The number of aromatic nitrogens is 1. The molecule has 1 aromatic rings. The molecule has 0 bridgehead atoms. The average Bonchev–Trinajstić information content (AvgIpc) is 2.08. The maximum absolute atomic E-state index is 12.4. The monoisotopic (exact) mass is 165 g/mol. The Bertz CT molecular complexity index is 369. The summed E-state index contributed by atoms with van der Waals surface area (Å²) in [5, 5.41) is 24.3. The van der Waals surface area contributed by atoms with Gasteiger partial charge in [0.15, 0.2) is 0 Å². The highest BCUT2D eigenvalue weighted by Crippen LogP contribution is 2.15. The Balaban J connectivity index is 3.25. The van der Waals surface area contributed by atoms with Crippen molar-refractivity contribution in [1.82, 2.24) is 4.98 Å². The molecular formula is C7H4FN3O. The summed E-state index contributed by atoms with van der Waals surface area (Å²) in [6.45, 7) is 0. The average molecular weight is 165 g/mol. The van der Waals surface area contributed by atoms with Crippen molar-refractivity contribution in [3.63, 3.8) is 0 Å². The number of rotatable bonds is 1. The van der Waals surface area contributed by atoms with E-state index < -0.39 is 11.7 Å².